The molecule has 0 aliphatic rings. The average molecular weight is 361 g/mol. The maximum atomic E-state index is 12.6. The molecular formula is C18H23N3O3S. The van der Waals surface area contributed by atoms with E-state index in [1.165, 1.54) is 18.0 Å². The Labute approximate surface area is 151 Å². The number of carbonyl (C=O) groups is 2. The summed E-state index contributed by atoms with van der Waals surface area (Å²) in [4.78, 5) is 27.3. The minimum Gasteiger partial charge on any atom is -0.363 e. The monoisotopic (exact) mass is 361 g/mol. The molecule has 1 N–H and O–H groups in total. The third-order valence-corrected chi connectivity index (χ3v) is 4.47. The number of rotatable bonds is 9. The fraction of sp³-hybridized carbons (Fsp3) is 0.389. The van der Waals surface area contributed by atoms with Crippen LogP contribution in [0.1, 0.15) is 20.3 Å². The summed E-state index contributed by atoms with van der Waals surface area (Å²) >= 11 is 1.47. The van der Waals surface area contributed by atoms with E-state index in [1.54, 1.807) is 11.0 Å². The Morgan fingerprint density at radius 3 is 2.64 bits per heavy atom. The lowest BCUT2D eigenvalue weighted by atomic mass is 10.1. The highest BCUT2D eigenvalue weighted by molar-refractivity contribution is 8.00. The number of aromatic nitrogens is 1. The largest absolute Gasteiger partial charge is 0.363 e. The van der Waals surface area contributed by atoms with Gasteiger partial charge in [0.25, 0.3) is 0 Å². The van der Waals surface area contributed by atoms with Gasteiger partial charge >= 0.3 is 0 Å². The van der Waals surface area contributed by atoms with Gasteiger partial charge in [0.1, 0.15) is 6.26 Å². The van der Waals surface area contributed by atoms with Crippen molar-refractivity contribution < 1.29 is 14.1 Å². The number of carbonyl (C=O) groups excluding carboxylic acids is 2. The van der Waals surface area contributed by atoms with Crippen molar-refractivity contribution in [1.29, 1.82) is 0 Å². The zero-order valence-electron chi connectivity index (χ0n) is 14.5. The maximum Gasteiger partial charge on any atom is 0.245 e. The summed E-state index contributed by atoms with van der Waals surface area (Å²) in [7, 11) is 0. The molecule has 0 bridgehead atoms. The molecule has 0 atom stereocenters. The summed E-state index contributed by atoms with van der Waals surface area (Å²) in [5, 5.41) is 6.27. The smallest absolute Gasteiger partial charge is 0.245 e. The van der Waals surface area contributed by atoms with Crippen molar-refractivity contribution in [3.63, 3.8) is 0 Å². The van der Waals surface area contributed by atoms with E-state index in [-0.39, 0.29) is 18.4 Å². The van der Waals surface area contributed by atoms with Crippen LogP contribution >= 0.6 is 11.8 Å². The molecule has 0 fully saturated rings. The SMILES string of the molecule is CC(C)CCN(CC(=O)Nc1ccon1)C(=O)CSc1ccccc1. The molecule has 2 amide bonds. The van der Waals surface area contributed by atoms with Gasteiger partial charge in [-0.3, -0.25) is 9.59 Å². The zero-order chi connectivity index (χ0) is 18.1. The second kappa shape index (κ2) is 9.88. The third-order valence-electron chi connectivity index (χ3n) is 3.47. The van der Waals surface area contributed by atoms with E-state index in [4.69, 9.17) is 0 Å². The number of thioether (sulfide) groups is 1. The molecule has 7 heteroatoms. The molecule has 0 aliphatic heterocycles. The van der Waals surface area contributed by atoms with Gasteiger partial charge in [-0.05, 0) is 24.5 Å². The first-order valence-corrected chi connectivity index (χ1v) is 9.19. The van der Waals surface area contributed by atoms with Crippen LogP contribution < -0.4 is 5.32 Å². The number of nitrogens with zero attached hydrogens (tertiary/aromatic N) is 2. The Hall–Kier alpha value is -2.28. The molecular weight excluding hydrogens is 338 g/mol. The molecule has 25 heavy (non-hydrogen) atoms. The Morgan fingerprint density at radius 1 is 1.24 bits per heavy atom. The summed E-state index contributed by atoms with van der Waals surface area (Å²) in [6, 6.07) is 11.3. The number of anilines is 1. The van der Waals surface area contributed by atoms with Crippen molar-refractivity contribution in [2.75, 3.05) is 24.2 Å². The molecule has 2 rings (SSSR count). The van der Waals surface area contributed by atoms with Crippen LogP contribution in [0.5, 0.6) is 0 Å². The van der Waals surface area contributed by atoms with Crippen LogP contribution in [-0.4, -0.2) is 40.7 Å². The molecule has 0 saturated heterocycles. The number of nitrogens with one attached hydrogen (secondary N) is 1. The van der Waals surface area contributed by atoms with Crippen LogP contribution in [0.4, 0.5) is 5.82 Å². The molecule has 0 radical (unpaired) electrons. The van der Waals surface area contributed by atoms with Crippen LogP contribution in [0, 0.1) is 5.92 Å². The van der Waals surface area contributed by atoms with Gasteiger partial charge < -0.3 is 14.7 Å². The van der Waals surface area contributed by atoms with Gasteiger partial charge in [-0.2, -0.15) is 0 Å². The molecule has 6 nitrogen and oxygen atoms in total. The molecule has 0 unspecified atom stereocenters. The Bertz CT molecular complexity index is 659. The van der Waals surface area contributed by atoms with Gasteiger partial charge in [0.15, 0.2) is 5.82 Å². The van der Waals surface area contributed by atoms with Crippen molar-refractivity contribution >= 4 is 29.4 Å². The first kappa shape index (κ1) is 19.1. The van der Waals surface area contributed by atoms with Crippen molar-refractivity contribution in [2.45, 2.75) is 25.2 Å². The molecule has 0 saturated carbocycles. The molecule has 0 aliphatic carbocycles. The van der Waals surface area contributed by atoms with E-state index in [0.29, 0.717) is 24.0 Å². The highest BCUT2D eigenvalue weighted by Gasteiger charge is 2.18. The van der Waals surface area contributed by atoms with E-state index in [9.17, 15) is 9.59 Å². The summed E-state index contributed by atoms with van der Waals surface area (Å²) in [5.74, 6) is 0.774. The van der Waals surface area contributed by atoms with E-state index >= 15 is 0 Å². The first-order valence-electron chi connectivity index (χ1n) is 8.20. The number of hydrogen-bond donors (Lipinski definition) is 1. The number of amides is 2. The van der Waals surface area contributed by atoms with E-state index in [2.05, 4.69) is 28.8 Å². The summed E-state index contributed by atoms with van der Waals surface area (Å²) in [5.41, 5.74) is 0. The van der Waals surface area contributed by atoms with Gasteiger partial charge in [-0.15, -0.1) is 11.8 Å². The van der Waals surface area contributed by atoms with Crippen LogP contribution in [0.2, 0.25) is 0 Å². The fourth-order valence-electron chi connectivity index (χ4n) is 2.09. The van der Waals surface area contributed by atoms with Crippen molar-refractivity contribution in [2.24, 2.45) is 5.92 Å². The molecule has 0 spiro atoms. The van der Waals surface area contributed by atoms with Crippen LogP contribution in [0.15, 0.2) is 52.1 Å². The summed E-state index contributed by atoms with van der Waals surface area (Å²) in [6.45, 7) is 4.75. The third kappa shape index (κ3) is 7.01. The van der Waals surface area contributed by atoms with Crippen LogP contribution in [0.25, 0.3) is 0 Å². The van der Waals surface area contributed by atoms with Gasteiger partial charge in [0.05, 0.1) is 12.3 Å². The predicted molar refractivity (Wildman–Crippen MR) is 98.3 cm³/mol. The Kier molecular flexibility index (Phi) is 7.53. The molecule has 2 aromatic rings. The standard InChI is InChI=1S/C18H23N3O3S/c1-14(2)8-10-21(12-17(22)19-16-9-11-24-20-16)18(23)13-25-15-6-4-3-5-7-15/h3-7,9,11,14H,8,10,12-13H2,1-2H3,(H,19,20,22). The van der Waals surface area contributed by atoms with Gasteiger partial charge in [0.2, 0.25) is 11.8 Å². The minimum absolute atomic E-state index is 0.00770. The van der Waals surface area contributed by atoms with E-state index < -0.39 is 0 Å². The quantitative estimate of drug-likeness (QED) is 0.694. The lowest BCUT2D eigenvalue weighted by Gasteiger charge is -2.23. The number of benzene rings is 1. The zero-order valence-corrected chi connectivity index (χ0v) is 15.3. The molecule has 1 heterocycles. The summed E-state index contributed by atoms with van der Waals surface area (Å²) in [6.07, 6.45) is 2.23. The summed E-state index contributed by atoms with van der Waals surface area (Å²) < 4.78 is 4.69. The van der Waals surface area contributed by atoms with Crippen molar-refractivity contribution in [3.05, 3.63) is 42.7 Å². The topological polar surface area (TPSA) is 75.4 Å². The van der Waals surface area contributed by atoms with Gasteiger partial charge in [-0.1, -0.05) is 37.2 Å². The molecule has 134 valence electrons. The molecule has 1 aromatic heterocycles. The first-order chi connectivity index (χ1) is 12.0. The Balaban J connectivity index is 1.91. The second-order valence-electron chi connectivity index (χ2n) is 6.03. The van der Waals surface area contributed by atoms with E-state index in [0.717, 1.165) is 11.3 Å². The highest BCUT2D eigenvalue weighted by atomic mass is 32.2. The highest BCUT2D eigenvalue weighted by Crippen LogP contribution is 2.17. The van der Waals surface area contributed by atoms with Crippen LogP contribution in [0.3, 0.4) is 0 Å². The van der Waals surface area contributed by atoms with Crippen LogP contribution in [-0.2, 0) is 9.59 Å². The Morgan fingerprint density at radius 2 is 2.00 bits per heavy atom. The van der Waals surface area contributed by atoms with Gasteiger partial charge in [0, 0.05) is 17.5 Å². The second-order valence-corrected chi connectivity index (χ2v) is 7.08. The predicted octanol–water partition coefficient (Wildman–Crippen LogP) is 3.28. The minimum atomic E-state index is -0.282. The fourth-order valence-corrected chi connectivity index (χ4v) is 2.91. The lowest BCUT2D eigenvalue weighted by molar-refractivity contribution is -0.132. The normalized spacial score (nSPS) is 10.7. The van der Waals surface area contributed by atoms with E-state index in [1.807, 2.05) is 30.3 Å². The average Bonchev–Trinajstić information content (AvgIpc) is 3.10. The molecule has 1 aromatic carbocycles. The lowest BCUT2D eigenvalue weighted by Crippen LogP contribution is -2.40. The van der Waals surface area contributed by atoms with Crippen molar-refractivity contribution in [1.82, 2.24) is 10.1 Å². The van der Waals surface area contributed by atoms with Crippen molar-refractivity contribution in [3.8, 4) is 0 Å². The van der Waals surface area contributed by atoms with Gasteiger partial charge in [-0.25, -0.2) is 0 Å². The number of hydrogen-bond acceptors (Lipinski definition) is 5. The maximum absolute atomic E-state index is 12.6.